The number of H-pyrrole nitrogens is 1. The first kappa shape index (κ1) is 16.9. The maximum Gasteiger partial charge on any atom is 0.260 e. The molecular weight excluding hydrogens is 297 g/mol. The number of hydrogen-bond acceptors (Lipinski definition) is 3. The molecule has 1 aromatic heterocycles. The third kappa shape index (κ3) is 4.26. The summed E-state index contributed by atoms with van der Waals surface area (Å²) in [5.74, 6) is -0.735. The van der Waals surface area contributed by atoms with Crippen LogP contribution in [0.1, 0.15) is 27.7 Å². The first-order chi connectivity index (χ1) is 10.9. The fourth-order valence-corrected chi connectivity index (χ4v) is 2.32. The molecule has 2 aromatic rings. The normalized spacial score (nSPS) is 12.2. The molecule has 2 N–H and O–H groups in total. The van der Waals surface area contributed by atoms with Crippen LogP contribution in [0.4, 0.5) is 4.39 Å². The fraction of sp³-hybridized carbons (Fsp3) is 0.294. The molecule has 1 atom stereocenters. The summed E-state index contributed by atoms with van der Waals surface area (Å²) in [5, 5.41) is 2.76. The van der Waals surface area contributed by atoms with Crippen LogP contribution < -0.4 is 10.9 Å². The second kappa shape index (κ2) is 7.19. The molecule has 1 heterocycles. The van der Waals surface area contributed by atoms with E-state index in [-0.39, 0.29) is 17.4 Å². The van der Waals surface area contributed by atoms with Crippen molar-refractivity contribution in [2.45, 2.75) is 13.0 Å². The number of hydrogen-bond donors (Lipinski definition) is 2. The van der Waals surface area contributed by atoms with E-state index < -0.39 is 11.5 Å². The van der Waals surface area contributed by atoms with Gasteiger partial charge in [0, 0.05) is 12.2 Å². The van der Waals surface area contributed by atoms with Crippen LogP contribution in [0, 0.1) is 12.7 Å². The van der Waals surface area contributed by atoms with Crippen LogP contribution >= 0.6 is 0 Å². The molecule has 0 saturated carbocycles. The Balaban J connectivity index is 2.11. The van der Waals surface area contributed by atoms with Crippen molar-refractivity contribution >= 4 is 5.91 Å². The predicted molar refractivity (Wildman–Crippen MR) is 87.0 cm³/mol. The Morgan fingerprint density at radius 1 is 1.22 bits per heavy atom. The highest BCUT2D eigenvalue weighted by atomic mass is 19.1. The number of pyridine rings is 1. The van der Waals surface area contributed by atoms with E-state index in [1.165, 1.54) is 18.2 Å². The van der Waals surface area contributed by atoms with Crippen LogP contribution in [0.3, 0.4) is 0 Å². The van der Waals surface area contributed by atoms with E-state index >= 15 is 0 Å². The number of halogens is 1. The molecule has 0 fully saturated rings. The van der Waals surface area contributed by atoms with Crippen molar-refractivity contribution < 1.29 is 9.18 Å². The van der Waals surface area contributed by atoms with E-state index in [2.05, 4.69) is 10.3 Å². The largest absolute Gasteiger partial charge is 0.350 e. The summed E-state index contributed by atoms with van der Waals surface area (Å²) in [6.45, 7) is 2.06. The minimum atomic E-state index is -0.430. The summed E-state index contributed by atoms with van der Waals surface area (Å²) >= 11 is 0. The highest BCUT2D eigenvalue weighted by Crippen LogP contribution is 2.17. The summed E-state index contributed by atoms with van der Waals surface area (Å²) < 4.78 is 13.0. The molecule has 122 valence electrons. The van der Waals surface area contributed by atoms with Crippen LogP contribution in [0.5, 0.6) is 0 Å². The molecule has 0 saturated heterocycles. The summed E-state index contributed by atoms with van der Waals surface area (Å²) in [7, 11) is 3.75. The first-order valence-electron chi connectivity index (χ1n) is 7.28. The van der Waals surface area contributed by atoms with E-state index in [4.69, 9.17) is 0 Å². The average molecular weight is 317 g/mol. The van der Waals surface area contributed by atoms with Crippen LogP contribution in [0.15, 0.2) is 41.2 Å². The second-order valence-corrected chi connectivity index (χ2v) is 5.63. The number of nitrogens with one attached hydrogen (secondary N) is 2. The van der Waals surface area contributed by atoms with Gasteiger partial charge in [0.1, 0.15) is 11.4 Å². The van der Waals surface area contributed by atoms with E-state index in [0.717, 1.165) is 5.56 Å². The van der Waals surface area contributed by atoms with Crippen molar-refractivity contribution in [2.24, 2.45) is 0 Å². The van der Waals surface area contributed by atoms with Gasteiger partial charge in [-0.05, 0) is 50.8 Å². The van der Waals surface area contributed by atoms with E-state index in [1.807, 2.05) is 19.0 Å². The van der Waals surface area contributed by atoms with Crippen molar-refractivity contribution in [2.75, 3.05) is 20.6 Å². The van der Waals surface area contributed by atoms with Gasteiger partial charge in [0.15, 0.2) is 0 Å². The number of aromatic nitrogens is 1. The molecule has 0 bridgehead atoms. The van der Waals surface area contributed by atoms with Crippen LogP contribution in [0.25, 0.3) is 0 Å². The molecule has 6 heteroatoms. The van der Waals surface area contributed by atoms with Crippen LogP contribution in [-0.4, -0.2) is 36.4 Å². The van der Waals surface area contributed by atoms with Crippen molar-refractivity contribution in [3.8, 4) is 0 Å². The molecule has 0 aliphatic carbocycles. The van der Waals surface area contributed by atoms with E-state index in [0.29, 0.717) is 12.2 Å². The van der Waals surface area contributed by atoms with Gasteiger partial charge in [-0.25, -0.2) is 4.39 Å². The lowest BCUT2D eigenvalue weighted by Gasteiger charge is -2.25. The zero-order chi connectivity index (χ0) is 17.0. The average Bonchev–Trinajstić information content (AvgIpc) is 2.48. The molecule has 2 rings (SSSR count). The zero-order valence-corrected chi connectivity index (χ0v) is 13.4. The Hall–Kier alpha value is -2.47. The molecule has 0 spiro atoms. The molecule has 0 aliphatic heterocycles. The molecular formula is C17H20FN3O2. The fourth-order valence-electron chi connectivity index (χ4n) is 2.32. The lowest BCUT2D eigenvalue weighted by molar-refractivity contribution is 0.0940. The van der Waals surface area contributed by atoms with Crippen molar-refractivity contribution in [3.63, 3.8) is 0 Å². The van der Waals surface area contributed by atoms with Gasteiger partial charge in [-0.15, -0.1) is 0 Å². The third-order valence-corrected chi connectivity index (χ3v) is 3.63. The highest BCUT2D eigenvalue weighted by molar-refractivity contribution is 5.93. The maximum atomic E-state index is 13.0. The second-order valence-electron chi connectivity index (χ2n) is 5.63. The van der Waals surface area contributed by atoms with Crippen LogP contribution in [0.2, 0.25) is 0 Å². The molecule has 0 unspecified atom stereocenters. The van der Waals surface area contributed by atoms with Crippen molar-refractivity contribution in [1.82, 2.24) is 15.2 Å². The Labute approximate surface area is 134 Å². The van der Waals surface area contributed by atoms with Gasteiger partial charge in [0.25, 0.3) is 11.5 Å². The zero-order valence-electron chi connectivity index (χ0n) is 13.4. The Bertz CT molecular complexity index is 738. The minimum Gasteiger partial charge on any atom is -0.350 e. The van der Waals surface area contributed by atoms with Gasteiger partial charge >= 0.3 is 0 Å². The molecule has 0 aliphatic rings. The Kier molecular flexibility index (Phi) is 5.28. The van der Waals surface area contributed by atoms with Gasteiger partial charge in [-0.3, -0.25) is 9.59 Å². The molecule has 5 nitrogen and oxygen atoms in total. The summed E-state index contributed by atoms with van der Waals surface area (Å²) in [6, 6.07) is 9.21. The molecule has 0 radical (unpaired) electrons. The number of rotatable bonds is 5. The number of amides is 1. The summed E-state index contributed by atoms with van der Waals surface area (Å²) in [4.78, 5) is 28.5. The van der Waals surface area contributed by atoms with Crippen LogP contribution in [-0.2, 0) is 0 Å². The number of nitrogens with zero attached hydrogens (tertiary/aromatic N) is 1. The van der Waals surface area contributed by atoms with Crippen molar-refractivity contribution in [1.29, 1.82) is 0 Å². The smallest absolute Gasteiger partial charge is 0.260 e. The molecule has 1 aromatic carbocycles. The Morgan fingerprint density at radius 2 is 1.87 bits per heavy atom. The Morgan fingerprint density at radius 3 is 2.43 bits per heavy atom. The van der Waals surface area contributed by atoms with E-state index in [1.54, 1.807) is 25.1 Å². The highest BCUT2D eigenvalue weighted by Gasteiger charge is 2.17. The maximum absolute atomic E-state index is 13.0. The van der Waals surface area contributed by atoms with Gasteiger partial charge in [-0.1, -0.05) is 12.1 Å². The van der Waals surface area contributed by atoms with Gasteiger partial charge in [-0.2, -0.15) is 0 Å². The van der Waals surface area contributed by atoms with Gasteiger partial charge < -0.3 is 15.2 Å². The summed E-state index contributed by atoms with van der Waals surface area (Å²) in [5.41, 5.74) is 1.25. The molecule has 23 heavy (non-hydrogen) atoms. The van der Waals surface area contributed by atoms with Gasteiger partial charge in [0.2, 0.25) is 0 Å². The number of aromatic amines is 1. The number of benzene rings is 1. The lowest BCUT2D eigenvalue weighted by atomic mass is 10.1. The number of likely N-dealkylation sites (N-methyl/N-ethyl adjacent to an activating group) is 1. The number of aryl methyl sites for hydroxylation is 1. The standard InChI is InChI=1S/C17H20FN3O2/c1-11-4-9-14(17(23)20-11)16(22)19-10-15(21(2)3)12-5-7-13(18)8-6-12/h4-9,15H,10H2,1-3H3,(H,19,22)(H,20,23)/t15-/m1/s1. The first-order valence-corrected chi connectivity index (χ1v) is 7.28. The topological polar surface area (TPSA) is 65.2 Å². The number of carbonyl (C=O) groups is 1. The lowest BCUT2D eigenvalue weighted by Crippen LogP contribution is -2.36. The van der Waals surface area contributed by atoms with Gasteiger partial charge in [0.05, 0.1) is 6.04 Å². The number of carbonyl (C=O) groups excluding carboxylic acids is 1. The third-order valence-electron chi connectivity index (χ3n) is 3.63. The monoisotopic (exact) mass is 317 g/mol. The summed E-state index contributed by atoms with van der Waals surface area (Å²) in [6.07, 6.45) is 0. The van der Waals surface area contributed by atoms with Crippen molar-refractivity contribution in [3.05, 3.63) is 69.4 Å². The molecule has 1 amide bonds. The quantitative estimate of drug-likeness (QED) is 0.884. The predicted octanol–water partition coefficient (Wildman–Crippen LogP) is 1.86. The van der Waals surface area contributed by atoms with E-state index in [9.17, 15) is 14.0 Å². The SMILES string of the molecule is Cc1ccc(C(=O)NC[C@H](c2ccc(F)cc2)N(C)C)c(=O)[nH]1. The minimum absolute atomic E-state index is 0.0761.